The van der Waals surface area contributed by atoms with E-state index >= 15 is 0 Å². The summed E-state index contributed by atoms with van der Waals surface area (Å²) in [5.41, 5.74) is 0. The predicted molar refractivity (Wildman–Crippen MR) is 114 cm³/mol. The highest BCUT2D eigenvalue weighted by molar-refractivity contribution is 7.88. The monoisotopic (exact) mass is 424 g/mol. The second-order valence-corrected chi connectivity index (χ2v) is 9.65. The Labute approximate surface area is 173 Å². The fraction of sp³-hybridized carbons (Fsp3) is 0.737. The van der Waals surface area contributed by atoms with Crippen molar-refractivity contribution in [2.75, 3.05) is 68.4 Å². The SMILES string of the molecule is CCN(CC)c1ccc(N2CCN(C(=O)C3CCN(S(C)(=O)=O)CC3)CC2)nn1. The Balaban J connectivity index is 1.51. The Bertz CT molecular complexity index is 781. The fourth-order valence-corrected chi connectivity index (χ4v) is 4.93. The van der Waals surface area contributed by atoms with E-state index in [2.05, 4.69) is 33.8 Å². The summed E-state index contributed by atoms with van der Waals surface area (Å²) in [6.45, 7) is 9.63. The lowest BCUT2D eigenvalue weighted by molar-refractivity contribution is -0.137. The van der Waals surface area contributed by atoms with Gasteiger partial charge in [0, 0.05) is 58.3 Å². The van der Waals surface area contributed by atoms with Crippen LogP contribution in [0.25, 0.3) is 0 Å². The number of carbonyl (C=O) groups excluding carboxylic acids is 1. The highest BCUT2D eigenvalue weighted by Crippen LogP contribution is 2.23. The van der Waals surface area contributed by atoms with Gasteiger partial charge in [-0.3, -0.25) is 4.79 Å². The molecule has 9 nitrogen and oxygen atoms in total. The van der Waals surface area contributed by atoms with Crippen LogP contribution in [0.2, 0.25) is 0 Å². The number of aromatic nitrogens is 2. The third kappa shape index (κ3) is 5.16. The molecule has 3 rings (SSSR count). The molecule has 10 heteroatoms. The van der Waals surface area contributed by atoms with Crippen molar-refractivity contribution in [3.05, 3.63) is 12.1 Å². The van der Waals surface area contributed by atoms with Crippen LogP contribution in [0.15, 0.2) is 12.1 Å². The summed E-state index contributed by atoms with van der Waals surface area (Å²) in [4.78, 5) is 19.1. The molecule has 2 saturated heterocycles. The molecule has 2 aliphatic heterocycles. The molecule has 0 unspecified atom stereocenters. The van der Waals surface area contributed by atoms with Crippen LogP contribution in [0.1, 0.15) is 26.7 Å². The molecule has 162 valence electrons. The summed E-state index contributed by atoms with van der Waals surface area (Å²) in [5, 5.41) is 8.73. The van der Waals surface area contributed by atoms with Crippen molar-refractivity contribution in [3.63, 3.8) is 0 Å². The zero-order chi connectivity index (χ0) is 21.0. The predicted octanol–water partition coefficient (Wildman–Crippen LogP) is 0.643. The van der Waals surface area contributed by atoms with E-state index < -0.39 is 10.0 Å². The summed E-state index contributed by atoms with van der Waals surface area (Å²) in [6.07, 6.45) is 2.43. The first kappa shape index (κ1) is 21.8. The third-order valence-corrected chi connectivity index (χ3v) is 7.21. The molecule has 0 saturated carbocycles. The molecule has 0 N–H and O–H groups in total. The molecule has 0 bridgehead atoms. The van der Waals surface area contributed by atoms with Crippen LogP contribution in [-0.2, 0) is 14.8 Å². The molecule has 2 aliphatic rings. The van der Waals surface area contributed by atoms with Gasteiger partial charge in [0.1, 0.15) is 0 Å². The molecule has 0 aliphatic carbocycles. The number of hydrogen-bond acceptors (Lipinski definition) is 7. The summed E-state index contributed by atoms with van der Waals surface area (Å²) in [7, 11) is -3.16. The Morgan fingerprint density at radius 3 is 2.14 bits per heavy atom. The molecule has 0 radical (unpaired) electrons. The summed E-state index contributed by atoms with van der Waals surface area (Å²) in [6, 6.07) is 4.00. The number of rotatable bonds is 6. The number of amides is 1. The second-order valence-electron chi connectivity index (χ2n) is 7.67. The lowest BCUT2D eigenvalue weighted by Crippen LogP contribution is -2.52. The van der Waals surface area contributed by atoms with E-state index in [1.165, 1.54) is 10.6 Å². The largest absolute Gasteiger partial charge is 0.356 e. The number of anilines is 2. The van der Waals surface area contributed by atoms with E-state index in [0.29, 0.717) is 39.0 Å². The van der Waals surface area contributed by atoms with Crippen LogP contribution < -0.4 is 9.80 Å². The van der Waals surface area contributed by atoms with Crippen LogP contribution in [0.4, 0.5) is 11.6 Å². The number of piperazine rings is 1. The van der Waals surface area contributed by atoms with Gasteiger partial charge in [0.05, 0.1) is 6.26 Å². The Hall–Kier alpha value is -1.94. The summed E-state index contributed by atoms with van der Waals surface area (Å²) in [5.74, 6) is 1.80. The molecule has 29 heavy (non-hydrogen) atoms. The van der Waals surface area contributed by atoms with E-state index in [-0.39, 0.29) is 11.8 Å². The van der Waals surface area contributed by atoms with Crippen molar-refractivity contribution in [3.8, 4) is 0 Å². The van der Waals surface area contributed by atoms with Gasteiger partial charge in [0.25, 0.3) is 0 Å². The van der Waals surface area contributed by atoms with Gasteiger partial charge in [-0.1, -0.05) is 0 Å². The smallest absolute Gasteiger partial charge is 0.225 e. The van der Waals surface area contributed by atoms with E-state index in [9.17, 15) is 13.2 Å². The highest BCUT2D eigenvalue weighted by Gasteiger charge is 2.32. The molecule has 0 spiro atoms. The molecule has 3 heterocycles. The summed E-state index contributed by atoms with van der Waals surface area (Å²) >= 11 is 0. The minimum Gasteiger partial charge on any atom is -0.356 e. The molecular formula is C19H32N6O3S. The quantitative estimate of drug-likeness (QED) is 0.662. The van der Waals surface area contributed by atoms with Crippen LogP contribution in [0.5, 0.6) is 0 Å². The molecular weight excluding hydrogens is 392 g/mol. The van der Waals surface area contributed by atoms with Gasteiger partial charge in [-0.05, 0) is 38.8 Å². The molecule has 1 amide bonds. The second kappa shape index (κ2) is 9.25. The Kier molecular flexibility index (Phi) is 6.94. The maximum atomic E-state index is 12.8. The van der Waals surface area contributed by atoms with Crippen molar-refractivity contribution < 1.29 is 13.2 Å². The number of hydrogen-bond donors (Lipinski definition) is 0. The van der Waals surface area contributed by atoms with E-state index in [0.717, 1.165) is 37.8 Å². The Morgan fingerprint density at radius 2 is 1.66 bits per heavy atom. The maximum absolute atomic E-state index is 12.8. The van der Waals surface area contributed by atoms with Gasteiger partial charge in [-0.15, -0.1) is 10.2 Å². The van der Waals surface area contributed by atoms with Gasteiger partial charge >= 0.3 is 0 Å². The number of nitrogens with zero attached hydrogens (tertiary/aromatic N) is 6. The van der Waals surface area contributed by atoms with E-state index in [1.54, 1.807) is 0 Å². The molecule has 0 atom stereocenters. The average molecular weight is 425 g/mol. The lowest BCUT2D eigenvalue weighted by atomic mass is 9.96. The number of piperidine rings is 1. The van der Waals surface area contributed by atoms with Crippen LogP contribution in [-0.4, -0.2) is 92.3 Å². The van der Waals surface area contributed by atoms with Crippen LogP contribution in [0, 0.1) is 5.92 Å². The average Bonchev–Trinajstić information content (AvgIpc) is 2.74. The topological polar surface area (TPSA) is 90.0 Å². The van der Waals surface area contributed by atoms with Crippen LogP contribution >= 0.6 is 0 Å². The van der Waals surface area contributed by atoms with Gasteiger partial charge in [0.2, 0.25) is 15.9 Å². The third-order valence-electron chi connectivity index (χ3n) is 5.91. The molecule has 1 aromatic heterocycles. The molecule has 2 fully saturated rings. The Morgan fingerprint density at radius 1 is 1.03 bits per heavy atom. The van der Waals surface area contributed by atoms with Gasteiger partial charge in [-0.2, -0.15) is 0 Å². The van der Waals surface area contributed by atoms with Crippen molar-refractivity contribution in [1.82, 2.24) is 19.4 Å². The van der Waals surface area contributed by atoms with Gasteiger partial charge in [0.15, 0.2) is 11.6 Å². The van der Waals surface area contributed by atoms with Gasteiger partial charge in [-0.25, -0.2) is 12.7 Å². The molecule has 0 aromatic carbocycles. The summed E-state index contributed by atoms with van der Waals surface area (Å²) < 4.78 is 24.7. The first-order chi connectivity index (χ1) is 13.8. The molecule has 1 aromatic rings. The van der Waals surface area contributed by atoms with E-state index in [4.69, 9.17) is 0 Å². The van der Waals surface area contributed by atoms with Crippen molar-refractivity contribution in [2.24, 2.45) is 5.92 Å². The van der Waals surface area contributed by atoms with Gasteiger partial charge < -0.3 is 14.7 Å². The standard InChI is InChI=1S/C19H32N6O3S/c1-4-22(5-2)17-6-7-18(21-20-17)23-12-14-24(15-13-23)19(26)16-8-10-25(11-9-16)29(3,27)28/h6-7,16H,4-5,8-15H2,1-3H3. The zero-order valence-electron chi connectivity index (χ0n) is 17.6. The number of sulfonamides is 1. The minimum absolute atomic E-state index is 0.0762. The highest BCUT2D eigenvalue weighted by atomic mass is 32.2. The van der Waals surface area contributed by atoms with Crippen molar-refractivity contribution >= 4 is 27.6 Å². The van der Waals surface area contributed by atoms with Crippen molar-refractivity contribution in [1.29, 1.82) is 0 Å². The minimum atomic E-state index is -3.16. The first-order valence-corrected chi connectivity index (χ1v) is 12.3. The zero-order valence-corrected chi connectivity index (χ0v) is 18.4. The van der Waals surface area contributed by atoms with Crippen molar-refractivity contribution in [2.45, 2.75) is 26.7 Å². The number of carbonyl (C=O) groups is 1. The normalized spacial score (nSPS) is 19.4. The van der Waals surface area contributed by atoms with E-state index in [1.807, 2.05) is 17.0 Å². The fourth-order valence-electron chi connectivity index (χ4n) is 4.05. The first-order valence-electron chi connectivity index (χ1n) is 10.4. The lowest BCUT2D eigenvalue weighted by Gasteiger charge is -2.38. The maximum Gasteiger partial charge on any atom is 0.225 e. The van der Waals surface area contributed by atoms with Crippen LogP contribution in [0.3, 0.4) is 0 Å².